The van der Waals surface area contributed by atoms with Gasteiger partial charge in [0.05, 0.1) is 5.69 Å². The summed E-state index contributed by atoms with van der Waals surface area (Å²) in [5.74, 6) is 0.663. The molecule has 0 saturated carbocycles. The Balaban J connectivity index is 1.33. The molecule has 29 heavy (non-hydrogen) atoms. The Kier molecular flexibility index (Phi) is 5.62. The minimum absolute atomic E-state index is 0.0168. The molecule has 2 aromatic carbocycles. The lowest BCUT2D eigenvalue weighted by molar-refractivity contribution is -0.131. The summed E-state index contributed by atoms with van der Waals surface area (Å²) in [5.41, 5.74) is 2.90. The van der Waals surface area contributed by atoms with E-state index in [9.17, 15) is 9.59 Å². The first-order valence-corrected chi connectivity index (χ1v) is 10.2. The summed E-state index contributed by atoms with van der Waals surface area (Å²) < 4.78 is 5.53. The zero-order chi connectivity index (χ0) is 20.4. The molecule has 2 heterocycles. The second-order valence-corrected chi connectivity index (χ2v) is 7.84. The molecule has 0 aliphatic carbocycles. The summed E-state index contributed by atoms with van der Waals surface area (Å²) in [7, 11) is 0. The van der Waals surface area contributed by atoms with Crippen LogP contribution in [0.2, 0.25) is 5.02 Å². The maximum atomic E-state index is 12.7. The number of anilines is 2. The molecule has 0 N–H and O–H groups in total. The van der Waals surface area contributed by atoms with Gasteiger partial charge in [-0.3, -0.25) is 9.59 Å². The minimum Gasteiger partial charge on any atom is -0.482 e. The van der Waals surface area contributed by atoms with Crippen LogP contribution in [0.15, 0.2) is 42.5 Å². The van der Waals surface area contributed by atoms with Crippen molar-refractivity contribution in [2.24, 2.45) is 0 Å². The number of ether oxygens (including phenoxy) is 1. The topological polar surface area (TPSA) is 53.1 Å². The van der Waals surface area contributed by atoms with E-state index in [-0.39, 0.29) is 18.4 Å². The molecule has 6 nitrogen and oxygen atoms in total. The number of carbonyl (C=O) groups excluding carboxylic acids is 2. The number of hydrogen-bond donors (Lipinski definition) is 0. The fraction of sp³-hybridized carbons (Fsp3) is 0.364. The van der Waals surface area contributed by atoms with Gasteiger partial charge in [0.25, 0.3) is 5.91 Å². The molecule has 0 radical (unpaired) electrons. The fourth-order valence-electron chi connectivity index (χ4n) is 3.81. The van der Waals surface area contributed by atoms with Crippen molar-refractivity contribution >= 4 is 34.8 Å². The summed E-state index contributed by atoms with van der Waals surface area (Å²) in [6.07, 6.45) is 0.302. The van der Waals surface area contributed by atoms with Crippen molar-refractivity contribution in [2.45, 2.75) is 13.3 Å². The highest BCUT2D eigenvalue weighted by Crippen LogP contribution is 2.33. The van der Waals surface area contributed by atoms with Crippen LogP contribution in [0.1, 0.15) is 12.0 Å². The first-order valence-electron chi connectivity index (χ1n) is 9.83. The van der Waals surface area contributed by atoms with Crippen LogP contribution in [-0.2, 0) is 9.59 Å². The number of aryl methyl sites for hydroxylation is 1. The fourth-order valence-corrected chi connectivity index (χ4v) is 3.99. The Bertz CT molecular complexity index is 925. The van der Waals surface area contributed by atoms with Crippen molar-refractivity contribution in [3.8, 4) is 5.75 Å². The van der Waals surface area contributed by atoms with Crippen molar-refractivity contribution in [3.63, 3.8) is 0 Å². The van der Waals surface area contributed by atoms with E-state index in [0.717, 1.165) is 30.0 Å². The molecule has 2 aliphatic rings. The highest BCUT2D eigenvalue weighted by atomic mass is 35.5. The summed E-state index contributed by atoms with van der Waals surface area (Å²) >= 11 is 6.08. The number of rotatable bonds is 4. The number of fused-ring (bicyclic) bond motifs is 1. The van der Waals surface area contributed by atoms with Crippen LogP contribution in [0.3, 0.4) is 0 Å². The largest absolute Gasteiger partial charge is 0.482 e. The molecule has 0 aromatic heterocycles. The van der Waals surface area contributed by atoms with Gasteiger partial charge >= 0.3 is 0 Å². The molecule has 152 valence electrons. The first-order chi connectivity index (χ1) is 14.0. The first kappa shape index (κ1) is 19.6. The highest BCUT2D eigenvalue weighted by Gasteiger charge is 2.27. The quantitative estimate of drug-likeness (QED) is 0.772. The van der Waals surface area contributed by atoms with Gasteiger partial charge in [0.2, 0.25) is 5.91 Å². The monoisotopic (exact) mass is 413 g/mol. The Morgan fingerprint density at radius 3 is 2.66 bits per heavy atom. The predicted molar refractivity (Wildman–Crippen MR) is 114 cm³/mol. The number of nitrogens with zero attached hydrogens (tertiary/aromatic N) is 3. The smallest absolute Gasteiger partial charge is 0.265 e. The average Bonchev–Trinajstić information content (AvgIpc) is 2.73. The van der Waals surface area contributed by atoms with Gasteiger partial charge in [0.15, 0.2) is 6.61 Å². The van der Waals surface area contributed by atoms with Gasteiger partial charge < -0.3 is 19.4 Å². The summed E-state index contributed by atoms with van der Waals surface area (Å²) in [5, 5.41) is 0.714. The lowest BCUT2D eigenvalue weighted by atomic mass is 10.1. The van der Waals surface area contributed by atoms with Crippen LogP contribution in [0.25, 0.3) is 0 Å². The SMILES string of the molecule is Cc1ccc2c(c1)OCC(=O)N2CCC(=O)N1CCN(c2cccc(Cl)c2)CC1. The van der Waals surface area contributed by atoms with E-state index in [1.807, 2.05) is 54.3 Å². The Morgan fingerprint density at radius 1 is 1.10 bits per heavy atom. The number of halogens is 1. The second-order valence-electron chi connectivity index (χ2n) is 7.40. The van der Waals surface area contributed by atoms with Gasteiger partial charge in [-0.1, -0.05) is 23.7 Å². The zero-order valence-corrected chi connectivity index (χ0v) is 17.2. The van der Waals surface area contributed by atoms with Gasteiger partial charge in [0, 0.05) is 49.9 Å². The number of carbonyl (C=O) groups is 2. The number of piperazine rings is 1. The van der Waals surface area contributed by atoms with Crippen LogP contribution in [0, 0.1) is 6.92 Å². The summed E-state index contributed by atoms with van der Waals surface area (Å²) in [6, 6.07) is 13.5. The lowest BCUT2D eigenvalue weighted by Gasteiger charge is -2.36. The van der Waals surface area contributed by atoms with Gasteiger partial charge in [0.1, 0.15) is 5.75 Å². The van der Waals surface area contributed by atoms with E-state index in [1.165, 1.54) is 0 Å². The van der Waals surface area contributed by atoms with Crippen LogP contribution >= 0.6 is 11.6 Å². The number of amides is 2. The molecule has 0 bridgehead atoms. The van der Waals surface area contributed by atoms with Crippen molar-refractivity contribution in [3.05, 3.63) is 53.1 Å². The zero-order valence-electron chi connectivity index (χ0n) is 16.4. The van der Waals surface area contributed by atoms with Crippen LogP contribution in [-0.4, -0.2) is 56.0 Å². The average molecular weight is 414 g/mol. The van der Waals surface area contributed by atoms with E-state index in [4.69, 9.17) is 16.3 Å². The van der Waals surface area contributed by atoms with E-state index >= 15 is 0 Å². The Morgan fingerprint density at radius 2 is 1.90 bits per heavy atom. The third kappa shape index (κ3) is 4.32. The molecule has 1 saturated heterocycles. The van der Waals surface area contributed by atoms with Crippen molar-refractivity contribution in [1.82, 2.24) is 4.90 Å². The molecule has 7 heteroatoms. The Labute approximate surface area is 175 Å². The molecule has 2 aromatic rings. The van der Waals surface area contributed by atoms with Crippen molar-refractivity contribution in [2.75, 3.05) is 49.1 Å². The highest BCUT2D eigenvalue weighted by molar-refractivity contribution is 6.30. The molecule has 0 spiro atoms. The second kappa shape index (κ2) is 8.33. The molecule has 0 unspecified atom stereocenters. The van der Waals surface area contributed by atoms with E-state index in [1.54, 1.807) is 4.90 Å². The molecule has 2 amide bonds. The maximum absolute atomic E-state index is 12.7. The van der Waals surface area contributed by atoms with Gasteiger partial charge in [-0.05, 0) is 42.8 Å². The molecule has 1 fully saturated rings. The minimum atomic E-state index is -0.111. The number of hydrogen-bond acceptors (Lipinski definition) is 4. The molecule has 0 atom stereocenters. The van der Waals surface area contributed by atoms with E-state index in [0.29, 0.717) is 36.8 Å². The van der Waals surface area contributed by atoms with Crippen LogP contribution in [0.5, 0.6) is 5.75 Å². The summed E-state index contributed by atoms with van der Waals surface area (Å²) in [4.78, 5) is 30.8. The summed E-state index contributed by atoms with van der Waals surface area (Å²) in [6.45, 7) is 5.23. The third-order valence-corrected chi connectivity index (χ3v) is 5.65. The molecule has 4 rings (SSSR count). The number of benzene rings is 2. The normalized spacial score (nSPS) is 16.5. The van der Waals surface area contributed by atoms with Gasteiger partial charge in [-0.25, -0.2) is 0 Å². The van der Waals surface area contributed by atoms with Crippen LogP contribution < -0.4 is 14.5 Å². The van der Waals surface area contributed by atoms with E-state index < -0.39 is 0 Å². The van der Waals surface area contributed by atoms with Gasteiger partial charge in [-0.15, -0.1) is 0 Å². The molecular weight excluding hydrogens is 390 g/mol. The third-order valence-electron chi connectivity index (χ3n) is 5.41. The standard InChI is InChI=1S/C22H24ClN3O3/c1-16-5-6-19-20(13-16)29-15-22(28)26(19)8-7-21(27)25-11-9-24(10-12-25)18-4-2-3-17(23)14-18/h2-6,13-14H,7-12,15H2,1H3. The van der Waals surface area contributed by atoms with Crippen LogP contribution in [0.4, 0.5) is 11.4 Å². The lowest BCUT2D eigenvalue weighted by Crippen LogP contribution is -2.49. The predicted octanol–water partition coefficient (Wildman–Crippen LogP) is 3.11. The molecule has 2 aliphatic heterocycles. The van der Waals surface area contributed by atoms with E-state index in [2.05, 4.69) is 4.90 Å². The Hall–Kier alpha value is -2.73. The maximum Gasteiger partial charge on any atom is 0.265 e. The molecular formula is C22H24ClN3O3. The van der Waals surface area contributed by atoms with Gasteiger partial charge in [-0.2, -0.15) is 0 Å². The van der Waals surface area contributed by atoms with Crippen molar-refractivity contribution in [1.29, 1.82) is 0 Å². The van der Waals surface area contributed by atoms with Crippen molar-refractivity contribution < 1.29 is 14.3 Å².